The van der Waals surface area contributed by atoms with Crippen molar-refractivity contribution in [1.82, 2.24) is 0 Å². The lowest BCUT2D eigenvalue weighted by atomic mass is 10.1. The number of rotatable bonds is 2. The lowest BCUT2D eigenvalue weighted by Crippen LogP contribution is -2.39. The molecule has 0 aromatic rings. The van der Waals surface area contributed by atoms with Crippen LogP contribution in [0.3, 0.4) is 0 Å². The predicted molar refractivity (Wildman–Crippen MR) is 39.0 cm³/mol. The number of carbonyl (C=O) groups is 2. The van der Waals surface area contributed by atoms with E-state index in [2.05, 4.69) is 0 Å². The quantitative estimate of drug-likeness (QED) is 0.428. The molecule has 0 amide bonds. The zero-order valence-electron chi connectivity index (χ0n) is 7.11. The van der Waals surface area contributed by atoms with Crippen molar-refractivity contribution in [2.75, 3.05) is 0 Å². The molecule has 0 spiro atoms. The second-order valence-electron chi connectivity index (χ2n) is 3.66. The highest BCUT2D eigenvalue weighted by Gasteiger charge is 2.91. The molecule has 1 aliphatic rings. The van der Waals surface area contributed by atoms with Gasteiger partial charge in [-0.2, -0.15) is 0 Å². The number of carboxylic acid groups (broad SMARTS) is 2. The van der Waals surface area contributed by atoms with E-state index in [1.54, 1.807) is 0 Å². The van der Waals surface area contributed by atoms with Crippen molar-refractivity contribution < 1.29 is 30.0 Å². The van der Waals surface area contributed by atoms with Crippen LogP contribution >= 0.6 is 0 Å². The Bertz CT molecular complexity index is 267. The standard InChI is InChI=1S/C7H10O6/c1-5(2)6(12,3(8)9)7(5,13)4(10)11/h12-13H,1-2H3,(H,8,9)(H,10,11). The molecular weight excluding hydrogens is 180 g/mol. The summed E-state index contributed by atoms with van der Waals surface area (Å²) in [6, 6.07) is 0. The first-order valence-corrected chi connectivity index (χ1v) is 3.55. The van der Waals surface area contributed by atoms with E-state index in [0.29, 0.717) is 0 Å². The van der Waals surface area contributed by atoms with Gasteiger partial charge in [0.2, 0.25) is 11.2 Å². The summed E-state index contributed by atoms with van der Waals surface area (Å²) in [4.78, 5) is 21.1. The summed E-state index contributed by atoms with van der Waals surface area (Å²) in [5.41, 5.74) is -6.80. The fourth-order valence-electron chi connectivity index (χ4n) is 1.67. The van der Waals surface area contributed by atoms with Crippen molar-refractivity contribution >= 4 is 11.9 Å². The van der Waals surface area contributed by atoms with Gasteiger partial charge in [0.05, 0.1) is 5.41 Å². The average molecular weight is 190 g/mol. The van der Waals surface area contributed by atoms with Crippen LogP contribution in [0.4, 0.5) is 0 Å². The number of hydrogen-bond donors (Lipinski definition) is 4. The lowest BCUT2D eigenvalue weighted by molar-refractivity contribution is -0.165. The van der Waals surface area contributed by atoms with Gasteiger partial charge in [0.25, 0.3) is 0 Å². The van der Waals surface area contributed by atoms with Gasteiger partial charge in [-0.05, 0) is 0 Å². The first kappa shape index (κ1) is 9.94. The Morgan fingerprint density at radius 2 is 1.15 bits per heavy atom. The van der Waals surface area contributed by atoms with Gasteiger partial charge >= 0.3 is 11.9 Å². The molecule has 0 saturated heterocycles. The molecule has 1 saturated carbocycles. The van der Waals surface area contributed by atoms with Gasteiger partial charge in [-0.25, -0.2) is 9.59 Å². The molecular formula is C7H10O6. The van der Waals surface area contributed by atoms with E-state index >= 15 is 0 Å². The van der Waals surface area contributed by atoms with Crippen LogP contribution in [-0.4, -0.2) is 43.6 Å². The van der Waals surface area contributed by atoms with Gasteiger partial charge in [-0.15, -0.1) is 0 Å². The minimum absolute atomic E-state index is 1.18. The van der Waals surface area contributed by atoms with Crippen molar-refractivity contribution in [3.8, 4) is 0 Å². The normalized spacial score (nSPS) is 41.2. The van der Waals surface area contributed by atoms with Gasteiger partial charge < -0.3 is 20.4 Å². The summed E-state index contributed by atoms with van der Waals surface area (Å²) >= 11 is 0. The topological polar surface area (TPSA) is 115 Å². The highest BCUT2D eigenvalue weighted by molar-refractivity contribution is 6.00. The van der Waals surface area contributed by atoms with Crippen LogP contribution in [0.2, 0.25) is 0 Å². The molecule has 6 heteroatoms. The minimum atomic E-state index is -2.61. The Kier molecular flexibility index (Phi) is 1.55. The molecule has 74 valence electrons. The van der Waals surface area contributed by atoms with Crippen LogP contribution in [0, 0.1) is 5.41 Å². The van der Waals surface area contributed by atoms with E-state index < -0.39 is 28.6 Å². The highest BCUT2D eigenvalue weighted by Crippen LogP contribution is 2.65. The lowest BCUT2D eigenvalue weighted by Gasteiger charge is -2.06. The number of aliphatic carboxylic acids is 2. The smallest absolute Gasteiger partial charge is 0.340 e. The molecule has 1 aliphatic carbocycles. The van der Waals surface area contributed by atoms with E-state index in [9.17, 15) is 19.8 Å². The number of carboxylic acids is 2. The van der Waals surface area contributed by atoms with E-state index in [4.69, 9.17) is 10.2 Å². The molecule has 0 bridgehead atoms. The molecule has 0 aromatic heterocycles. The SMILES string of the molecule is CC1(C)C(O)(C(=O)O)C1(O)C(=O)O. The molecule has 0 heterocycles. The summed E-state index contributed by atoms with van der Waals surface area (Å²) in [6.45, 7) is 2.35. The first-order valence-electron chi connectivity index (χ1n) is 3.55. The molecule has 0 aliphatic heterocycles. The van der Waals surface area contributed by atoms with Crippen molar-refractivity contribution in [1.29, 1.82) is 0 Å². The maximum absolute atomic E-state index is 10.5. The van der Waals surface area contributed by atoms with Crippen LogP contribution in [0.1, 0.15) is 13.8 Å². The summed E-state index contributed by atoms with van der Waals surface area (Å²) in [6.07, 6.45) is 0. The molecule has 0 aromatic carbocycles. The molecule has 13 heavy (non-hydrogen) atoms. The van der Waals surface area contributed by atoms with Gasteiger partial charge in [-0.1, -0.05) is 13.8 Å². The maximum Gasteiger partial charge on any atom is 0.340 e. The van der Waals surface area contributed by atoms with Crippen LogP contribution < -0.4 is 0 Å². The minimum Gasteiger partial charge on any atom is -0.479 e. The van der Waals surface area contributed by atoms with E-state index in [1.807, 2.05) is 0 Å². The zero-order valence-corrected chi connectivity index (χ0v) is 7.11. The fraction of sp³-hybridized carbons (Fsp3) is 0.714. The Morgan fingerprint density at radius 1 is 0.923 bits per heavy atom. The molecule has 2 atom stereocenters. The van der Waals surface area contributed by atoms with E-state index in [1.165, 1.54) is 13.8 Å². The van der Waals surface area contributed by atoms with Crippen LogP contribution in [0.25, 0.3) is 0 Å². The second kappa shape index (κ2) is 2.02. The summed E-state index contributed by atoms with van der Waals surface area (Å²) in [5, 5.41) is 35.9. The number of hydrogen-bond acceptors (Lipinski definition) is 4. The summed E-state index contributed by atoms with van der Waals surface area (Å²) in [5.74, 6) is -3.47. The molecule has 6 nitrogen and oxygen atoms in total. The van der Waals surface area contributed by atoms with Crippen molar-refractivity contribution in [2.45, 2.75) is 25.0 Å². The predicted octanol–water partition coefficient (Wildman–Crippen LogP) is -1.34. The zero-order chi connectivity index (χ0) is 10.7. The highest BCUT2D eigenvalue weighted by atomic mass is 16.5. The third kappa shape index (κ3) is 0.663. The van der Waals surface area contributed by atoms with Gasteiger partial charge in [0.1, 0.15) is 0 Å². The van der Waals surface area contributed by atoms with Crippen molar-refractivity contribution in [3.05, 3.63) is 0 Å². The third-order valence-corrected chi connectivity index (χ3v) is 2.89. The first-order chi connectivity index (χ1) is 5.64. The maximum atomic E-state index is 10.5. The van der Waals surface area contributed by atoms with Crippen molar-refractivity contribution in [3.63, 3.8) is 0 Å². The molecule has 1 fully saturated rings. The van der Waals surface area contributed by atoms with E-state index in [0.717, 1.165) is 0 Å². The fourth-order valence-corrected chi connectivity index (χ4v) is 1.67. The Balaban J connectivity index is 3.22. The Morgan fingerprint density at radius 3 is 1.23 bits per heavy atom. The van der Waals surface area contributed by atoms with Crippen LogP contribution in [0.15, 0.2) is 0 Å². The van der Waals surface area contributed by atoms with Crippen molar-refractivity contribution in [2.24, 2.45) is 5.41 Å². The molecule has 2 unspecified atom stereocenters. The summed E-state index contributed by atoms with van der Waals surface area (Å²) in [7, 11) is 0. The third-order valence-electron chi connectivity index (χ3n) is 2.89. The van der Waals surface area contributed by atoms with Crippen LogP contribution in [-0.2, 0) is 9.59 Å². The molecule has 0 radical (unpaired) electrons. The monoisotopic (exact) mass is 190 g/mol. The Hall–Kier alpha value is -1.14. The molecule has 1 rings (SSSR count). The number of aliphatic hydroxyl groups is 2. The second-order valence-corrected chi connectivity index (χ2v) is 3.66. The van der Waals surface area contributed by atoms with Crippen LogP contribution in [0.5, 0.6) is 0 Å². The Labute approximate surface area is 73.4 Å². The van der Waals surface area contributed by atoms with Gasteiger partial charge in [0, 0.05) is 0 Å². The van der Waals surface area contributed by atoms with Gasteiger partial charge in [0.15, 0.2) is 0 Å². The molecule has 4 N–H and O–H groups in total. The average Bonchev–Trinajstić information content (AvgIpc) is 2.32. The van der Waals surface area contributed by atoms with Gasteiger partial charge in [-0.3, -0.25) is 0 Å². The van der Waals surface area contributed by atoms with E-state index in [-0.39, 0.29) is 0 Å². The summed E-state index contributed by atoms with van der Waals surface area (Å²) < 4.78 is 0. The largest absolute Gasteiger partial charge is 0.479 e.